The van der Waals surface area contributed by atoms with Gasteiger partial charge in [0.15, 0.2) is 0 Å². The van der Waals surface area contributed by atoms with Gasteiger partial charge in [0.05, 0.1) is 19.9 Å². The van der Waals surface area contributed by atoms with Crippen LogP contribution in [0.15, 0.2) is 64.7 Å². The fourth-order valence-electron chi connectivity index (χ4n) is 3.87. The lowest BCUT2D eigenvalue weighted by molar-refractivity contribution is 0.0785. The van der Waals surface area contributed by atoms with Gasteiger partial charge in [-0.3, -0.25) is 9.59 Å². The Morgan fingerprint density at radius 2 is 1.97 bits per heavy atom. The first-order chi connectivity index (χ1) is 18.4. The highest BCUT2D eigenvalue weighted by Gasteiger charge is 2.19. The number of thiazole rings is 1. The van der Waals surface area contributed by atoms with Crippen LogP contribution in [-0.4, -0.2) is 53.9 Å². The zero-order valence-corrected chi connectivity index (χ0v) is 22.5. The van der Waals surface area contributed by atoms with Gasteiger partial charge in [0.25, 0.3) is 11.8 Å². The van der Waals surface area contributed by atoms with E-state index in [4.69, 9.17) is 9.15 Å². The number of nitrogens with one attached hydrogen (secondary N) is 2. The number of rotatable bonds is 12. The van der Waals surface area contributed by atoms with E-state index in [1.54, 1.807) is 37.3 Å². The molecule has 9 nitrogen and oxygen atoms in total. The number of hydrogen-bond donors (Lipinski definition) is 2. The number of nitrogens with zero attached hydrogens (tertiary/aromatic N) is 3. The maximum atomic E-state index is 13.2. The van der Waals surface area contributed by atoms with E-state index in [-0.39, 0.29) is 11.8 Å². The molecule has 0 aliphatic heterocycles. The summed E-state index contributed by atoms with van der Waals surface area (Å²) in [6.07, 6.45) is 3.73. The van der Waals surface area contributed by atoms with Crippen molar-refractivity contribution in [3.8, 4) is 17.2 Å². The molecule has 38 heavy (non-hydrogen) atoms. The summed E-state index contributed by atoms with van der Waals surface area (Å²) >= 11 is 1.51. The molecule has 0 atom stereocenters. The molecule has 0 aliphatic rings. The highest BCUT2D eigenvalue weighted by Crippen LogP contribution is 2.23. The normalized spacial score (nSPS) is 10.8. The second-order valence-electron chi connectivity index (χ2n) is 8.82. The zero-order valence-electron chi connectivity index (χ0n) is 21.7. The summed E-state index contributed by atoms with van der Waals surface area (Å²) in [4.78, 5) is 36.5. The summed E-state index contributed by atoms with van der Waals surface area (Å²) in [6.45, 7) is 4.23. The van der Waals surface area contributed by atoms with Crippen molar-refractivity contribution in [1.82, 2.24) is 25.5 Å². The Morgan fingerprint density at radius 1 is 1.13 bits per heavy atom. The standard InChI is InChI=1S/C28H31N5O4S/c1-19-18-38-25(32-19)17-33(2)28(35)23-14-21(13-22(15-23)27-31-10-11-37-27)26(34)30-9-5-8-29-16-20-6-4-7-24(12-20)36-3/h4,6-7,10-15,18,29H,5,8-9,16-17H2,1-3H3,(H,30,34). The third-order valence-electron chi connectivity index (χ3n) is 5.79. The van der Waals surface area contributed by atoms with Gasteiger partial charge < -0.3 is 24.7 Å². The minimum Gasteiger partial charge on any atom is -0.497 e. The Hall–Kier alpha value is -4.02. The minimum absolute atomic E-state index is 0.220. The average molecular weight is 534 g/mol. The summed E-state index contributed by atoms with van der Waals surface area (Å²) in [7, 11) is 3.37. The van der Waals surface area contributed by atoms with Crippen molar-refractivity contribution >= 4 is 23.2 Å². The molecule has 0 saturated carbocycles. The van der Waals surface area contributed by atoms with E-state index in [0.29, 0.717) is 42.2 Å². The number of benzene rings is 2. The molecule has 0 bridgehead atoms. The molecular formula is C28H31N5O4S. The summed E-state index contributed by atoms with van der Waals surface area (Å²) in [6, 6.07) is 12.9. The second-order valence-corrected chi connectivity index (χ2v) is 9.76. The first-order valence-electron chi connectivity index (χ1n) is 12.3. The van der Waals surface area contributed by atoms with Crippen molar-refractivity contribution in [2.45, 2.75) is 26.4 Å². The number of ether oxygens (including phenoxy) is 1. The third kappa shape index (κ3) is 7.27. The zero-order chi connectivity index (χ0) is 26.9. The Bertz CT molecular complexity index is 1370. The molecule has 0 unspecified atom stereocenters. The number of methoxy groups -OCH3 is 1. The topological polar surface area (TPSA) is 110 Å². The van der Waals surface area contributed by atoms with Crippen molar-refractivity contribution in [3.63, 3.8) is 0 Å². The third-order valence-corrected chi connectivity index (χ3v) is 6.74. The van der Waals surface area contributed by atoms with Crippen LogP contribution >= 0.6 is 11.3 Å². The monoisotopic (exact) mass is 533 g/mol. The lowest BCUT2D eigenvalue weighted by Gasteiger charge is -2.17. The molecule has 0 radical (unpaired) electrons. The van der Waals surface area contributed by atoms with Gasteiger partial charge in [-0.05, 0) is 55.8 Å². The lowest BCUT2D eigenvalue weighted by Crippen LogP contribution is -2.29. The van der Waals surface area contributed by atoms with E-state index in [1.165, 1.54) is 23.8 Å². The highest BCUT2D eigenvalue weighted by molar-refractivity contribution is 7.09. The Labute approximate surface area is 225 Å². The van der Waals surface area contributed by atoms with Crippen molar-refractivity contribution in [1.29, 1.82) is 0 Å². The maximum absolute atomic E-state index is 13.2. The van der Waals surface area contributed by atoms with E-state index in [9.17, 15) is 9.59 Å². The average Bonchev–Trinajstić information content (AvgIpc) is 3.62. The molecule has 2 amide bonds. The van der Waals surface area contributed by atoms with Crippen LogP contribution in [0.3, 0.4) is 0 Å². The van der Waals surface area contributed by atoms with Crippen molar-refractivity contribution in [3.05, 3.63) is 87.7 Å². The van der Waals surface area contributed by atoms with Crippen molar-refractivity contribution < 1.29 is 18.7 Å². The fourth-order valence-corrected chi connectivity index (χ4v) is 4.70. The van der Waals surface area contributed by atoms with Gasteiger partial charge in [-0.25, -0.2) is 9.97 Å². The molecule has 2 heterocycles. The predicted molar refractivity (Wildman–Crippen MR) is 146 cm³/mol. The van der Waals surface area contributed by atoms with E-state index >= 15 is 0 Å². The van der Waals surface area contributed by atoms with E-state index < -0.39 is 0 Å². The van der Waals surface area contributed by atoms with Gasteiger partial charge in [-0.15, -0.1) is 11.3 Å². The van der Waals surface area contributed by atoms with Gasteiger partial charge in [-0.1, -0.05) is 12.1 Å². The quantitative estimate of drug-likeness (QED) is 0.261. The molecule has 198 valence electrons. The smallest absolute Gasteiger partial charge is 0.254 e. The first-order valence-corrected chi connectivity index (χ1v) is 13.1. The van der Waals surface area contributed by atoms with Crippen LogP contribution in [0.1, 0.15) is 43.4 Å². The molecule has 0 fully saturated rings. The van der Waals surface area contributed by atoms with Crippen molar-refractivity contribution in [2.24, 2.45) is 0 Å². The summed E-state index contributed by atoms with van der Waals surface area (Å²) < 4.78 is 10.7. The minimum atomic E-state index is -0.265. The number of carbonyl (C=O) groups is 2. The van der Waals surface area contributed by atoms with Crippen molar-refractivity contribution in [2.75, 3.05) is 27.2 Å². The number of carbonyl (C=O) groups excluding carboxylic acids is 2. The number of hydrogen-bond acceptors (Lipinski definition) is 8. The summed E-state index contributed by atoms with van der Waals surface area (Å²) in [5, 5.41) is 9.11. The lowest BCUT2D eigenvalue weighted by atomic mass is 10.0. The van der Waals surface area contributed by atoms with Crippen LogP contribution in [0.5, 0.6) is 5.75 Å². The van der Waals surface area contributed by atoms with Gasteiger partial charge in [0, 0.05) is 47.9 Å². The Morgan fingerprint density at radius 3 is 2.71 bits per heavy atom. The van der Waals surface area contributed by atoms with Gasteiger partial charge in [0.1, 0.15) is 17.0 Å². The number of amides is 2. The molecule has 2 aromatic heterocycles. The SMILES string of the molecule is COc1cccc(CNCCCNC(=O)c2cc(C(=O)N(C)Cc3nc(C)cs3)cc(-c3ncco3)c2)c1. The van der Waals surface area contributed by atoms with Crippen LogP contribution in [0.4, 0.5) is 0 Å². The summed E-state index contributed by atoms with van der Waals surface area (Å²) in [5.41, 5.74) is 3.35. The van der Waals surface area contributed by atoms with Crippen LogP contribution in [0.25, 0.3) is 11.5 Å². The molecular weight excluding hydrogens is 502 g/mol. The molecule has 4 aromatic rings. The van der Waals surface area contributed by atoms with Crippen LogP contribution in [0.2, 0.25) is 0 Å². The molecule has 2 N–H and O–H groups in total. The number of oxazole rings is 1. The van der Waals surface area contributed by atoms with Crippen LogP contribution < -0.4 is 15.4 Å². The predicted octanol–water partition coefficient (Wildman–Crippen LogP) is 4.30. The molecule has 10 heteroatoms. The molecule has 2 aromatic carbocycles. The first kappa shape index (κ1) is 27.0. The maximum Gasteiger partial charge on any atom is 0.254 e. The largest absolute Gasteiger partial charge is 0.497 e. The Kier molecular flexibility index (Phi) is 9.23. The van der Waals surface area contributed by atoms with Crippen LogP contribution in [-0.2, 0) is 13.1 Å². The van der Waals surface area contributed by atoms with Gasteiger partial charge >= 0.3 is 0 Å². The molecule has 0 aliphatic carbocycles. The molecule has 0 saturated heterocycles. The van der Waals surface area contributed by atoms with Crippen LogP contribution in [0, 0.1) is 6.92 Å². The second kappa shape index (κ2) is 13.0. The van der Waals surface area contributed by atoms with E-state index in [1.807, 2.05) is 36.6 Å². The van der Waals surface area contributed by atoms with E-state index in [0.717, 1.165) is 35.0 Å². The highest BCUT2D eigenvalue weighted by atomic mass is 32.1. The number of aromatic nitrogens is 2. The molecule has 0 spiro atoms. The van der Waals surface area contributed by atoms with Gasteiger partial charge in [0.2, 0.25) is 5.89 Å². The van der Waals surface area contributed by atoms with Gasteiger partial charge in [-0.2, -0.15) is 0 Å². The summed E-state index contributed by atoms with van der Waals surface area (Å²) in [5.74, 6) is 0.681. The molecule has 4 rings (SSSR count). The van der Waals surface area contributed by atoms with E-state index in [2.05, 4.69) is 20.6 Å². The fraction of sp³-hybridized carbons (Fsp3) is 0.286. The Balaban J connectivity index is 1.36. The number of aryl methyl sites for hydroxylation is 1.